The Bertz CT molecular complexity index is 310. The molecule has 0 saturated carbocycles. The first kappa shape index (κ1) is 8.78. The molecule has 0 saturated heterocycles. The second-order valence-electron chi connectivity index (χ2n) is 2.80. The Balaban J connectivity index is 2.50. The van der Waals surface area contributed by atoms with Gasteiger partial charge in [0.05, 0.1) is 12.5 Å². The van der Waals surface area contributed by atoms with E-state index in [4.69, 9.17) is 21.1 Å². The molecule has 0 spiro atoms. The van der Waals surface area contributed by atoms with Crippen LogP contribution in [-0.4, -0.2) is 6.79 Å². The molecular formula is C9H8ClFO2. The van der Waals surface area contributed by atoms with E-state index >= 15 is 0 Å². The Morgan fingerprint density at radius 2 is 2.31 bits per heavy atom. The topological polar surface area (TPSA) is 18.5 Å². The number of hydrogen-bond donors (Lipinski definition) is 0. The zero-order chi connectivity index (χ0) is 9.26. The van der Waals surface area contributed by atoms with Crippen molar-refractivity contribution in [1.82, 2.24) is 0 Å². The van der Waals surface area contributed by atoms with Crippen molar-refractivity contribution < 1.29 is 13.9 Å². The van der Waals surface area contributed by atoms with Crippen LogP contribution in [0.1, 0.15) is 11.1 Å². The van der Waals surface area contributed by atoms with Crippen LogP contribution in [0.15, 0.2) is 12.1 Å². The Kier molecular flexibility index (Phi) is 2.38. The summed E-state index contributed by atoms with van der Waals surface area (Å²) in [7, 11) is 0. The summed E-state index contributed by atoms with van der Waals surface area (Å²) in [6.45, 7) is 0.597. The Morgan fingerprint density at radius 3 is 3.08 bits per heavy atom. The van der Waals surface area contributed by atoms with E-state index in [0.717, 1.165) is 5.56 Å². The van der Waals surface area contributed by atoms with Gasteiger partial charge in [-0.25, -0.2) is 4.39 Å². The van der Waals surface area contributed by atoms with Gasteiger partial charge >= 0.3 is 0 Å². The van der Waals surface area contributed by atoms with Crippen molar-refractivity contribution in [3.05, 3.63) is 29.1 Å². The molecule has 1 aromatic carbocycles. The molecule has 0 atom stereocenters. The number of ether oxygens (including phenoxy) is 2. The maximum atomic E-state index is 13.0. The van der Waals surface area contributed by atoms with Gasteiger partial charge in [0.15, 0.2) is 6.79 Å². The van der Waals surface area contributed by atoms with Crippen LogP contribution in [0.3, 0.4) is 0 Å². The SMILES string of the molecule is Fc1cc(CCl)c2c(c1)COCO2. The summed E-state index contributed by atoms with van der Waals surface area (Å²) in [6, 6.07) is 2.79. The van der Waals surface area contributed by atoms with Crippen LogP contribution in [0.25, 0.3) is 0 Å². The molecule has 0 bridgehead atoms. The van der Waals surface area contributed by atoms with Crippen LogP contribution in [0.4, 0.5) is 4.39 Å². The van der Waals surface area contributed by atoms with E-state index in [1.807, 2.05) is 0 Å². The van der Waals surface area contributed by atoms with Crippen molar-refractivity contribution in [3.8, 4) is 5.75 Å². The lowest BCUT2D eigenvalue weighted by Crippen LogP contribution is -2.13. The fourth-order valence-electron chi connectivity index (χ4n) is 1.36. The fourth-order valence-corrected chi connectivity index (χ4v) is 1.55. The molecule has 0 radical (unpaired) electrons. The van der Waals surface area contributed by atoms with Crippen LogP contribution in [-0.2, 0) is 17.2 Å². The van der Waals surface area contributed by atoms with Gasteiger partial charge in [0.2, 0.25) is 0 Å². The van der Waals surface area contributed by atoms with Gasteiger partial charge in [0.25, 0.3) is 0 Å². The minimum atomic E-state index is -0.302. The summed E-state index contributed by atoms with van der Waals surface area (Å²) in [5.41, 5.74) is 1.40. The lowest BCUT2D eigenvalue weighted by Gasteiger charge is -2.19. The highest BCUT2D eigenvalue weighted by Crippen LogP contribution is 2.30. The van der Waals surface area contributed by atoms with E-state index in [1.165, 1.54) is 12.1 Å². The van der Waals surface area contributed by atoms with Crippen molar-refractivity contribution in [1.29, 1.82) is 0 Å². The molecule has 1 heterocycles. The molecule has 4 heteroatoms. The summed E-state index contributed by atoms with van der Waals surface area (Å²) in [5.74, 6) is 0.617. The summed E-state index contributed by atoms with van der Waals surface area (Å²) >= 11 is 5.65. The Morgan fingerprint density at radius 1 is 1.46 bits per heavy atom. The van der Waals surface area contributed by atoms with Crippen LogP contribution >= 0.6 is 11.6 Å². The van der Waals surface area contributed by atoms with Gasteiger partial charge in [-0.15, -0.1) is 11.6 Å². The van der Waals surface area contributed by atoms with E-state index in [0.29, 0.717) is 17.9 Å². The van der Waals surface area contributed by atoms with Crippen LogP contribution in [0.2, 0.25) is 0 Å². The maximum absolute atomic E-state index is 13.0. The average Bonchev–Trinajstić information content (AvgIpc) is 2.16. The first-order valence-corrected chi connectivity index (χ1v) is 4.42. The third-order valence-corrected chi connectivity index (χ3v) is 2.18. The van der Waals surface area contributed by atoms with Gasteiger partial charge in [-0.3, -0.25) is 0 Å². The second-order valence-corrected chi connectivity index (χ2v) is 3.06. The van der Waals surface area contributed by atoms with Gasteiger partial charge in [0, 0.05) is 11.1 Å². The summed E-state index contributed by atoms with van der Waals surface area (Å²) in [4.78, 5) is 0. The summed E-state index contributed by atoms with van der Waals surface area (Å²) in [6.07, 6.45) is 0. The lowest BCUT2D eigenvalue weighted by molar-refractivity contribution is -0.0171. The van der Waals surface area contributed by atoms with Crippen molar-refractivity contribution in [3.63, 3.8) is 0 Å². The fraction of sp³-hybridized carbons (Fsp3) is 0.333. The van der Waals surface area contributed by atoms with Gasteiger partial charge in [-0.05, 0) is 12.1 Å². The zero-order valence-corrected chi connectivity index (χ0v) is 7.60. The molecular weight excluding hydrogens is 195 g/mol. The Hall–Kier alpha value is -0.800. The quantitative estimate of drug-likeness (QED) is 0.652. The van der Waals surface area contributed by atoms with Crippen molar-refractivity contribution in [2.45, 2.75) is 12.5 Å². The molecule has 0 aromatic heterocycles. The standard InChI is InChI=1S/C9H8ClFO2/c10-3-6-1-8(11)2-7-4-12-5-13-9(6)7/h1-2H,3-5H2. The normalized spacial score (nSPS) is 14.9. The molecule has 0 unspecified atom stereocenters. The van der Waals surface area contributed by atoms with E-state index in [1.54, 1.807) is 0 Å². The minimum absolute atomic E-state index is 0.211. The molecule has 0 N–H and O–H groups in total. The third-order valence-electron chi connectivity index (χ3n) is 1.90. The molecule has 1 aliphatic heterocycles. The van der Waals surface area contributed by atoms with E-state index in [2.05, 4.69) is 0 Å². The minimum Gasteiger partial charge on any atom is -0.467 e. The molecule has 0 fully saturated rings. The first-order valence-electron chi connectivity index (χ1n) is 3.89. The highest BCUT2D eigenvalue weighted by molar-refractivity contribution is 6.17. The van der Waals surface area contributed by atoms with Crippen LogP contribution in [0.5, 0.6) is 5.75 Å². The monoisotopic (exact) mass is 202 g/mol. The van der Waals surface area contributed by atoms with Gasteiger partial charge < -0.3 is 9.47 Å². The van der Waals surface area contributed by atoms with Crippen molar-refractivity contribution in [2.24, 2.45) is 0 Å². The molecule has 70 valence electrons. The van der Waals surface area contributed by atoms with Gasteiger partial charge in [0.1, 0.15) is 11.6 Å². The number of halogens is 2. The van der Waals surface area contributed by atoms with Gasteiger partial charge in [-0.1, -0.05) is 0 Å². The molecule has 1 aliphatic rings. The lowest BCUT2D eigenvalue weighted by atomic mass is 10.1. The summed E-state index contributed by atoms with van der Waals surface area (Å²) < 4.78 is 23.2. The smallest absolute Gasteiger partial charge is 0.189 e. The maximum Gasteiger partial charge on any atom is 0.189 e. The number of fused-ring (bicyclic) bond motifs is 1. The molecule has 0 aliphatic carbocycles. The number of rotatable bonds is 1. The average molecular weight is 203 g/mol. The number of alkyl halides is 1. The van der Waals surface area contributed by atoms with E-state index < -0.39 is 0 Å². The highest BCUT2D eigenvalue weighted by atomic mass is 35.5. The van der Waals surface area contributed by atoms with Crippen LogP contribution < -0.4 is 4.74 Å². The van der Waals surface area contributed by atoms with Crippen LogP contribution in [0, 0.1) is 5.82 Å². The van der Waals surface area contributed by atoms with Crippen molar-refractivity contribution >= 4 is 11.6 Å². The predicted octanol–water partition coefficient (Wildman–Crippen LogP) is 2.43. The van der Waals surface area contributed by atoms with Crippen molar-refractivity contribution in [2.75, 3.05) is 6.79 Å². The largest absolute Gasteiger partial charge is 0.467 e. The Labute approximate surface area is 80.2 Å². The summed E-state index contributed by atoms with van der Waals surface area (Å²) in [5, 5.41) is 0. The number of hydrogen-bond acceptors (Lipinski definition) is 2. The predicted molar refractivity (Wildman–Crippen MR) is 46.2 cm³/mol. The first-order chi connectivity index (χ1) is 6.31. The van der Waals surface area contributed by atoms with Gasteiger partial charge in [-0.2, -0.15) is 0 Å². The second kappa shape index (κ2) is 3.52. The number of benzene rings is 1. The van der Waals surface area contributed by atoms with E-state index in [9.17, 15) is 4.39 Å². The zero-order valence-electron chi connectivity index (χ0n) is 6.85. The molecule has 0 amide bonds. The third kappa shape index (κ3) is 1.62. The molecule has 2 nitrogen and oxygen atoms in total. The van der Waals surface area contributed by atoms with E-state index in [-0.39, 0.29) is 18.5 Å². The molecule has 2 rings (SSSR count). The molecule has 13 heavy (non-hydrogen) atoms. The molecule has 1 aromatic rings. The highest BCUT2D eigenvalue weighted by Gasteiger charge is 2.15.